The number of aromatic nitrogens is 2. The van der Waals surface area contributed by atoms with Gasteiger partial charge >= 0.3 is 0 Å². The van der Waals surface area contributed by atoms with E-state index in [1.807, 2.05) is 6.92 Å². The molecule has 0 fully saturated rings. The molecule has 12 heavy (non-hydrogen) atoms. The molecule has 0 aliphatic heterocycles. The Balaban J connectivity index is 2.20. The van der Waals surface area contributed by atoms with E-state index in [2.05, 4.69) is 4.98 Å². The Bertz CT molecular complexity index is 351. The van der Waals surface area contributed by atoms with E-state index in [4.69, 9.17) is 9.25 Å². The van der Waals surface area contributed by atoms with Gasteiger partial charge in [-0.15, -0.1) is 0 Å². The fraction of sp³-hybridized carbons (Fsp3) is 0.125. The summed E-state index contributed by atoms with van der Waals surface area (Å²) in [5.41, 5.74) is 0. The first-order valence-electron chi connectivity index (χ1n) is 3.56. The van der Waals surface area contributed by atoms with Crippen LogP contribution in [0.2, 0.25) is 0 Å². The molecule has 0 atom stereocenters. The van der Waals surface area contributed by atoms with Crippen molar-refractivity contribution in [1.82, 2.24) is 9.71 Å². The van der Waals surface area contributed by atoms with E-state index in [1.165, 1.54) is 4.73 Å². The van der Waals surface area contributed by atoms with Crippen LogP contribution in [0.5, 0.6) is 5.75 Å². The van der Waals surface area contributed by atoms with E-state index in [-0.39, 0.29) is 0 Å². The molecular formula is C8H8N2O2. The lowest BCUT2D eigenvalue weighted by atomic mass is 10.5. The number of rotatable bonds is 2. The van der Waals surface area contributed by atoms with Crippen LogP contribution >= 0.6 is 0 Å². The van der Waals surface area contributed by atoms with E-state index in [9.17, 15) is 0 Å². The molecule has 0 saturated heterocycles. The summed E-state index contributed by atoms with van der Waals surface area (Å²) in [7, 11) is 0. The molecule has 0 unspecified atom stereocenters. The molecule has 4 heteroatoms. The molecular weight excluding hydrogens is 156 g/mol. The molecule has 0 spiro atoms. The molecule has 0 aromatic carbocycles. The van der Waals surface area contributed by atoms with Crippen molar-refractivity contribution in [3.05, 3.63) is 36.8 Å². The van der Waals surface area contributed by atoms with Crippen molar-refractivity contribution >= 4 is 0 Å². The normalized spacial score (nSPS) is 10.1. The molecule has 2 aromatic rings. The van der Waals surface area contributed by atoms with Gasteiger partial charge in [-0.25, -0.2) is 4.98 Å². The molecule has 0 saturated carbocycles. The highest BCUT2D eigenvalue weighted by molar-refractivity contribution is 5.22. The Labute approximate surface area is 69.4 Å². The lowest BCUT2D eigenvalue weighted by molar-refractivity contribution is 0.210. The lowest BCUT2D eigenvalue weighted by Gasteiger charge is -2.01. The molecule has 0 bridgehead atoms. The van der Waals surface area contributed by atoms with Crippen LogP contribution in [0, 0.1) is 6.92 Å². The van der Waals surface area contributed by atoms with E-state index in [1.54, 1.807) is 31.1 Å². The molecule has 0 aliphatic rings. The van der Waals surface area contributed by atoms with E-state index < -0.39 is 0 Å². The fourth-order valence-electron chi connectivity index (χ4n) is 0.882. The molecule has 2 heterocycles. The highest BCUT2D eigenvalue weighted by Crippen LogP contribution is 2.17. The first-order chi connectivity index (χ1) is 5.86. The zero-order chi connectivity index (χ0) is 8.39. The third-order valence-corrected chi connectivity index (χ3v) is 1.50. The maximum atomic E-state index is 5.35. The van der Waals surface area contributed by atoms with Gasteiger partial charge in [0.2, 0.25) is 0 Å². The van der Waals surface area contributed by atoms with E-state index in [0.717, 1.165) is 5.76 Å². The van der Waals surface area contributed by atoms with Crippen LogP contribution in [0.3, 0.4) is 0 Å². The Hall–Kier alpha value is -1.71. The standard InChI is InChI=1S/C8H8N2O2/c1-7-8(2-5-11-7)12-10-4-3-9-6-10/h2-6H,1H3. The smallest absolute Gasteiger partial charge is 0.196 e. The number of imidazole rings is 1. The third-order valence-electron chi connectivity index (χ3n) is 1.50. The van der Waals surface area contributed by atoms with Gasteiger partial charge in [-0.3, -0.25) is 0 Å². The topological polar surface area (TPSA) is 40.2 Å². The van der Waals surface area contributed by atoms with Crippen LogP contribution in [-0.2, 0) is 0 Å². The molecule has 0 radical (unpaired) electrons. The molecule has 62 valence electrons. The number of aryl methyl sites for hydroxylation is 1. The monoisotopic (exact) mass is 164 g/mol. The summed E-state index contributed by atoms with van der Waals surface area (Å²) in [6.07, 6.45) is 6.52. The van der Waals surface area contributed by atoms with E-state index >= 15 is 0 Å². The molecule has 4 nitrogen and oxygen atoms in total. The summed E-state index contributed by atoms with van der Waals surface area (Å²) in [5.74, 6) is 1.46. The Morgan fingerprint density at radius 2 is 2.50 bits per heavy atom. The summed E-state index contributed by atoms with van der Waals surface area (Å²) < 4.78 is 6.57. The first kappa shape index (κ1) is 6.97. The van der Waals surface area contributed by atoms with Crippen LogP contribution in [0.15, 0.2) is 35.5 Å². The number of furan rings is 1. The molecule has 2 rings (SSSR count). The minimum Gasteiger partial charge on any atom is -0.466 e. The van der Waals surface area contributed by atoms with Crippen LogP contribution in [-0.4, -0.2) is 9.71 Å². The van der Waals surface area contributed by atoms with Gasteiger partial charge < -0.3 is 9.25 Å². The quantitative estimate of drug-likeness (QED) is 0.677. The second-order valence-corrected chi connectivity index (χ2v) is 2.35. The largest absolute Gasteiger partial charge is 0.466 e. The van der Waals surface area contributed by atoms with Gasteiger partial charge in [0, 0.05) is 12.3 Å². The van der Waals surface area contributed by atoms with Crippen molar-refractivity contribution in [2.75, 3.05) is 0 Å². The number of hydrogen-bond donors (Lipinski definition) is 0. The van der Waals surface area contributed by atoms with Gasteiger partial charge in [-0.2, -0.15) is 4.73 Å². The van der Waals surface area contributed by atoms with Crippen molar-refractivity contribution < 1.29 is 9.25 Å². The number of nitrogens with zero attached hydrogens (tertiary/aromatic N) is 2. The summed E-state index contributed by atoms with van der Waals surface area (Å²) in [4.78, 5) is 9.19. The van der Waals surface area contributed by atoms with Gasteiger partial charge in [0.1, 0.15) is 12.1 Å². The summed E-state index contributed by atoms with van der Waals surface area (Å²) in [6, 6.07) is 1.76. The van der Waals surface area contributed by atoms with Crippen LogP contribution in [0.25, 0.3) is 0 Å². The van der Waals surface area contributed by atoms with Gasteiger partial charge in [-0.05, 0) is 6.92 Å². The second-order valence-electron chi connectivity index (χ2n) is 2.35. The van der Waals surface area contributed by atoms with Crippen molar-refractivity contribution in [1.29, 1.82) is 0 Å². The summed E-state index contributed by atoms with van der Waals surface area (Å²) >= 11 is 0. The average molecular weight is 164 g/mol. The maximum Gasteiger partial charge on any atom is 0.196 e. The first-order valence-corrected chi connectivity index (χ1v) is 3.56. The zero-order valence-electron chi connectivity index (χ0n) is 6.60. The van der Waals surface area contributed by atoms with Crippen molar-refractivity contribution in [2.24, 2.45) is 0 Å². The summed E-state index contributed by atoms with van der Waals surface area (Å²) in [6.45, 7) is 1.84. The third kappa shape index (κ3) is 1.18. The van der Waals surface area contributed by atoms with Crippen molar-refractivity contribution in [2.45, 2.75) is 6.92 Å². The predicted molar refractivity (Wildman–Crippen MR) is 41.7 cm³/mol. The van der Waals surface area contributed by atoms with Gasteiger partial charge in [0.15, 0.2) is 5.75 Å². The highest BCUT2D eigenvalue weighted by atomic mass is 16.7. The Morgan fingerprint density at radius 1 is 1.58 bits per heavy atom. The predicted octanol–water partition coefficient (Wildman–Crippen LogP) is 1.63. The van der Waals surface area contributed by atoms with E-state index in [0.29, 0.717) is 5.75 Å². The van der Waals surface area contributed by atoms with Crippen LogP contribution in [0.1, 0.15) is 5.76 Å². The molecule has 0 N–H and O–H groups in total. The fourth-order valence-corrected chi connectivity index (χ4v) is 0.882. The Kier molecular flexibility index (Phi) is 1.59. The van der Waals surface area contributed by atoms with Gasteiger partial charge in [0.05, 0.1) is 12.5 Å². The molecule has 0 amide bonds. The van der Waals surface area contributed by atoms with Gasteiger partial charge in [-0.1, -0.05) is 0 Å². The van der Waals surface area contributed by atoms with Crippen LogP contribution in [0.4, 0.5) is 0 Å². The molecule has 0 aliphatic carbocycles. The minimum atomic E-state index is 0.702. The van der Waals surface area contributed by atoms with Gasteiger partial charge in [0.25, 0.3) is 0 Å². The Morgan fingerprint density at radius 3 is 3.08 bits per heavy atom. The second kappa shape index (κ2) is 2.73. The van der Waals surface area contributed by atoms with Crippen LogP contribution < -0.4 is 4.84 Å². The maximum absolute atomic E-state index is 5.35. The summed E-state index contributed by atoms with van der Waals surface area (Å²) in [5, 5.41) is 0. The zero-order valence-corrected chi connectivity index (χ0v) is 6.60. The lowest BCUT2D eigenvalue weighted by Crippen LogP contribution is -2.01. The average Bonchev–Trinajstić information content (AvgIpc) is 2.65. The molecule has 2 aromatic heterocycles. The SMILES string of the molecule is Cc1occc1On1ccnc1. The number of hydrogen-bond acceptors (Lipinski definition) is 3. The van der Waals surface area contributed by atoms with Crippen molar-refractivity contribution in [3.8, 4) is 5.75 Å². The minimum absolute atomic E-state index is 0.702. The highest BCUT2D eigenvalue weighted by Gasteiger charge is 2.02. The van der Waals surface area contributed by atoms with Crippen molar-refractivity contribution in [3.63, 3.8) is 0 Å².